The summed E-state index contributed by atoms with van der Waals surface area (Å²) < 4.78 is 4.32. The molecule has 0 aliphatic carbocycles. The van der Waals surface area contributed by atoms with Crippen LogP contribution in [-0.2, 0) is 14.3 Å². The summed E-state index contributed by atoms with van der Waals surface area (Å²) in [6.07, 6.45) is 0.528. The molecule has 0 spiro atoms. The Morgan fingerprint density at radius 3 is 2.69 bits per heavy atom. The van der Waals surface area contributed by atoms with E-state index in [1.165, 1.54) is 7.11 Å². The first kappa shape index (κ1) is 11.5. The molecule has 0 heterocycles. The molecule has 0 aromatic heterocycles. The predicted octanol–water partition coefficient (Wildman–Crippen LogP) is 0.0314. The van der Waals surface area contributed by atoms with Crippen molar-refractivity contribution < 1.29 is 19.2 Å². The normalized spacial score (nSPS) is 11.8. The summed E-state index contributed by atoms with van der Waals surface area (Å²) in [7, 11) is 1.21. The fourth-order valence-corrected chi connectivity index (χ4v) is 0.787. The molecule has 0 aromatic carbocycles. The van der Waals surface area contributed by atoms with Crippen molar-refractivity contribution in [1.82, 2.24) is 0 Å². The minimum atomic E-state index is -0.613. The van der Waals surface area contributed by atoms with Crippen LogP contribution < -0.4 is 0 Å². The van der Waals surface area contributed by atoms with E-state index >= 15 is 0 Å². The van der Waals surface area contributed by atoms with E-state index < -0.39 is 16.8 Å². The minimum absolute atomic E-state index is 0.0750. The summed E-state index contributed by atoms with van der Waals surface area (Å²) >= 11 is 0. The summed E-state index contributed by atoms with van der Waals surface area (Å²) in [6.45, 7) is -0.305. The van der Waals surface area contributed by atoms with E-state index in [-0.39, 0.29) is 19.4 Å². The Morgan fingerprint density at radius 2 is 2.31 bits per heavy atom. The number of hydrogen-bond acceptors (Lipinski definition) is 5. The highest BCUT2D eigenvalue weighted by Crippen LogP contribution is 2.06. The van der Waals surface area contributed by atoms with E-state index in [9.17, 15) is 19.7 Å². The number of hydrogen-bond donors (Lipinski definition) is 0. The number of rotatable bonds is 6. The lowest BCUT2D eigenvalue weighted by molar-refractivity contribution is -0.481. The molecule has 6 heteroatoms. The van der Waals surface area contributed by atoms with E-state index in [2.05, 4.69) is 4.74 Å². The molecule has 1 atom stereocenters. The second-order valence-electron chi connectivity index (χ2n) is 2.52. The lowest BCUT2D eigenvalue weighted by Gasteiger charge is -2.04. The van der Waals surface area contributed by atoms with Gasteiger partial charge in [0, 0.05) is 17.3 Å². The second kappa shape index (κ2) is 6.10. The Morgan fingerprint density at radius 1 is 1.69 bits per heavy atom. The fourth-order valence-electron chi connectivity index (χ4n) is 0.787. The highest BCUT2D eigenvalue weighted by Gasteiger charge is 2.15. The molecule has 0 saturated heterocycles. The Kier molecular flexibility index (Phi) is 5.42. The summed E-state index contributed by atoms with van der Waals surface area (Å²) in [5, 5.41) is 9.95. The number of nitro groups is 1. The van der Waals surface area contributed by atoms with Gasteiger partial charge in [-0.05, 0) is 0 Å². The zero-order valence-electron chi connectivity index (χ0n) is 7.26. The molecular weight excluding hydrogens is 178 g/mol. The largest absolute Gasteiger partial charge is 0.469 e. The third-order valence-electron chi connectivity index (χ3n) is 1.53. The molecule has 0 aliphatic heterocycles. The number of carbonyl (C=O) groups excluding carboxylic acids is 2. The minimum Gasteiger partial charge on any atom is -0.469 e. The first-order chi connectivity index (χ1) is 6.10. The first-order valence-electron chi connectivity index (χ1n) is 3.74. The van der Waals surface area contributed by atoms with Crippen LogP contribution in [0.15, 0.2) is 0 Å². The van der Waals surface area contributed by atoms with E-state index in [1.54, 1.807) is 0 Å². The van der Waals surface area contributed by atoms with Crippen LogP contribution in [0, 0.1) is 16.0 Å². The van der Waals surface area contributed by atoms with Gasteiger partial charge in [-0.1, -0.05) is 0 Å². The van der Waals surface area contributed by atoms with Gasteiger partial charge in [0.05, 0.1) is 13.5 Å². The van der Waals surface area contributed by atoms with Crippen LogP contribution in [0.25, 0.3) is 0 Å². The van der Waals surface area contributed by atoms with Crippen molar-refractivity contribution in [2.45, 2.75) is 12.8 Å². The smallest absolute Gasteiger partial charge is 0.306 e. The van der Waals surface area contributed by atoms with Gasteiger partial charge in [-0.2, -0.15) is 0 Å². The van der Waals surface area contributed by atoms with Crippen LogP contribution in [0.1, 0.15) is 12.8 Å². The topological polar surface area (TPSA) is 86.5 Å². The molecule has 0 N–H and O–H groups in total. The maximum Gasteiger partial charge on any atom is 0.306 e. The van der Waals surface area contributed by atoms with Gasteiger partial charge in [-0.25, -0.2) is 0 Å². The summed E-state index contributed by atoms with van der Waals surface area (Å²) in [6, 6.07) is 0. The monoisotopic (exact) mass is 189 g/mol. The molecule has 0 aromatic rings. The van der Waals surface area contributed by atoms with Crippen LogP contribution in [0.5, 0.6) is 0 Å². The van der Waals surface area contributed by atoms with E-state index in [0.717, 1.165) is 0 Å². The molecule has 13 heavy (non-hydrogen) atoms. The highest BCUT2D eigenvalue weighted by atomic mass is 16.6. The maximum atomic E-state index is 10.7. The van der Waals surface area contributed by atoms with Crippen molar-refractivity contribution in [3.63, 3.8) is 0 Å². The lowest BCUT2D eigenvalue weighted by Crippen LogP contribution is -2.15. The zero-order chi connectivity index (χ0) is 10.3. The van der Waals surface area contributed by atoms with E-state index in [1.807, 2.05) is 0 Å². The van der Waals surface area contributed by atoms with E-state index in [4.69, 9.17) is 0 Å². The predicted molar refractivity (Wildman–Crippen MR) is 42.7 cm³/mol. The summed E-state index contributed by atoms with van der Waals surface area (Å²) in [4.78, 5) is 30.4. The number of carbonyl (C=O) groups is 2. The first-order valence-corrected chi connectivity index (χ1v) is 3.74. The van der Waals surface area contributed by atoms with Crippen molar-refractivity contribution in [2.24, 2.45) is 5.92 Å². The third kappa shape index (κ3) is 5.77. The van der Waals surface area contributed by atoms with Crippen LogP contribution in [0.3, 0.4) is 0 Å². The molecule has 0 rings (SSSR count). The molecule has 0 fully saturated rings. The Hall–Kier alpha value is -1.46. The number of esters is 1. The fraction of sp³-hybridized carbons (Fsp3) is 0.714. The molecule has 0 amide bonds. The molecule has 0 radical (unpaired) electrons. The van der Waals surface area contributed by atoms with Gasteiger partial charge < -0.3 is 9.53 Å². The Bertz CT molecular complexity index is 203. The van der Waals surface area contributed by atoms with Crippen molar-refractivity contribution in [1.29, 1.82) is 0 Å². The Balaban J connectivity index is 3.82. The van der Waals surface area contributed by atoms with Gasteiger partial charge in [0.2, 0.25) is 6.54 Å². The number of ether oxygens (including phenoxy) is 1. The molecule has 0 bridgehead atoms. The molecule has 74 valence electrons. The van der Waals surface area contributed by atoms with Gasteiger partial charge in [0.15, 0.2) is 0 Å². The van der Waals surface area contributed by atoms with Crippen molar-refractivity contribution in [3.8, 4) is 0 Å². The van der Waals surface area contributed by atoms with Crippen LogP contribution in [0.4, 0.5) is 0 Å². The summed E-state index contributed by atoms with van der Waals surface area (Å²) in [5.74, 6) is -1.14. The number of aldehydes is 1. The van der Waals surface area contributed by atoms with Gasteiger partial charge >= 0.3 is 5.97 Å². The van der Waals surface area contributed by atoms with Gasteiger partial charge in [-0.15, -0.1) is 0 Å². The zero-order valence-corrected chi connectivity index (χ0v) is 7.26. The van der Waals surface area contributed by atoms with Crippen LogP contribution in [0.2, 0.25) is 0 Å². The number of methoxy groups -OCH3 is 1. The van der Waals surface area contributed by atoms with Crippen molar-refractivity contribution in [3.05, 3.63) is 10.1 Å². The second-order valence-corrected chi connectivity index (χ2v) is 2.52. The number of nitrogens with zero attached hydrogens (tertiary/aromatic N) is 1. The Labute approximate surface area is 75.0 Å². The quantitative estimate of drug-likeness (QED) is 0.254. The van der Waals surface area contributed by atoms with Gasteiger partial charge in [0.1, 0.15) is 6.29 Å². The van der Waals surface area contributed by atoms with Gasteiger partial charge in [-0.3, -0.25) is 14.9 Å². The molecule has 0 saturated carbocycles. The van der Waals surface area contributed by atoms with E-state index in [0.29, 0.717) is 6.29 Å². The molecule has 6 nitrogen and oxygen atoms in total. The maximum absolute atomic E-state index is 10.7. The molecular formula is C7H11NO5. The third-order valence-corrected chi connectivity index (χ3v) is 1.53. The average molecular weight is 189 g/mol. The van der Waals surface area contributed by atoms with Crippen molar-refractivity contribution >= 4 is 12.3 Å². The lowest BCUT2D eigenvalue weighted by atomic mass is 10.0. The van der Waals surface area contributed by atoms with Crippen molar-refractivity contribution in [2.75, 3.05) is 13.7 Å². The van der Waals surface area contributed by atoms with Crippen LogP contribution >= 0.6 is 0 Å². The molecule has 0 unspecified atom stereocenters. The SMILES string of the molecule is COC(=O)C[C@@H](C=O)CC[N+](=O)[O-]. The highest BCUT2D eigenvalue weighted by molar-refractivity contribution is 5.73. The summed E-state index contributed by atoms with van der Waals surface area (Å²) in [5.41, 5.74) is 0. The average Bonchev–Trinajstić information content (AvgIpc) is 2.11. The van der Waals surface area contributed by atoms with Crippen LogP contribution in [-0.4, -0.2) is 30.8 Å². The molecule has 0 aliphatic rings. The standard InChI is InChI=1S/C7H11NO5/c1-13-7(10)4-6(5-9)2-3-8(11)12/h5-6H,2-4H2,1H3/t6-/m0/s1. The van der Waals surface area contributed by atoms with Gasteiger partial charge in [0.25, 0.3) is 0 Å².